The highest BCUT2D eigenvalue weighted by Gasteiger charge is 2.46. The summed E-state index contributed by atoms with van der Waals surface area (Å²) in [7, 11) is 1.61. The summed E-state index contributed by atoms with van der Waals surface area (Å²) in [5.74, 6) is 0.919. The van der Waals surface area contributed by atoms with Gasteiger partial charge in [0.15, 0.2) is 0 Å². The van der Waals surface area contributed by atoms with Crippen molar-refractivity contribution in [1.29, 1.82) is 5.26 Å². The number of nitrogens with zero attached hydrogens (tertiary/aromatic N) is 1. The molecule has 2 N–H and O–H groups in total. The van der Waals surface area contributed by atoms with Crippen molar-refractivity contribution in [3.63, 3.8) is 0 Å². The molecule has 0 aliphatic carbocycles. The predicted octanol–water partition coefficient (Wildman–Crippen LogP) is 3.89. The van der Waals surface area contributed by atoms with Crippen molar-refractivity contribution < 1.29 is 14.3 Å². The molecule has 156 valence electrons. The van der Waals surface area contributed by atoms with E-state index in [4.69, 9.17) is 9.47 Å². The Kier molecular flexibility index (Phi) is 5.40. The molecule has 2 heterocycles. The molecule has 3 unspecified atom stereocenters. The van der Waals surface area contributed by atoms with Crippen LogP contribution in [0.25, 0.3) is 0 Å². The second kappa shape index (κ2) is 8.00. The van der Waals surface area contributed by atoms with Gasteiger partial charge in [-0.15, -0.1) is 0 Å². The number of carbonyl (C=O) groups excluding carboxylic acids is 1. The molecule has 2 aromatic carbocycles. The van der Waals surface area contributed by atoms with Crippen LogP contribution in [-0.2, 0) is 4.74 Å². The minimum Gasteiger partial charge on any atom is -0.497 e. The summed E-state index contributed by atoms with van der Waals surface area (Å²) in [5, 5.41) is 16.0. The molecule has 0 saturated carbocycles. The zero-order chi connectivity index (χ0) is 21.3. The second-order valence-corrected chi connectivity index (χ2v) is 8.68. The number of amides is 1. The van der Waals surface area contributed by atoms with Gasteiger partial charge in [-0.05, 0) is 48.9 Å². The van der Waals surface area contributed by atoms with E-state index in [1.54, 1.807) is 31.4 Å². The standard InChI is InChI=1S/C24H27N3O3/c1-24(2,14-26-23(28)16-5-7-17(29-3)8-6-16)22-18-10-11-30-21(18)19-12-15(13-25)4-9-20(19)27-22/h4-9,12,18,21-22,27H,10-11,14H2,1-3H3,(H,26,28). The Morgan fingerprint density at radius 2 is 2.07 bits per heavy atom. The van der Waals surface area contributed by atoms with E-state index in [1.807, 2.05) is 18.2 Å². The molecule has 3 atom stereocenters. The van der Waals surface area contributed by atoms with Crippen LogP contribution < -0.4 is 15.4 Å². The number of rotatable bonds is 5. The first-order chi connectivity index (χ1) is 14.4. The number of ether oxygens (including phenoxy) is 2. The van der Waals surface area contributed by atoms with Gasteiger partial charge in [0, 0.05) is 47.3 Å². The van der Waals surface area contributed by atoms with E-state index in [9.17, 15) is 10.1 Å². The molecule has 1 fully saturated rings. The number of nitriles is 1. The topological polar surface area (TPSA) is 83.4 Å². The van der Waals surface area contributed by atoms with Crippen LogP contribution in [0, 0.1) is 22.7 Å². The zero-order valence-electron chi connectivity index (χ0n) is 17.6. The Bertz CT molecular complexity index is 978. The van der Waals surface area contributed by atoms with Crippen LogP contribution in [0.2, 0.25) is 0 Å². The van der Waals surface area contributed by atoms with Crippen LogP contribution in [0.3, 0.4) is 0 Å². The molecule has 1 saturated heterocycles. The first-order valence-electron chi connectivity index (χ1n) is 10.3. The second-order valence-electron chi connectivity index (χ2n) is 8.68. The maximum absolute atomic E-state index is 12.6. The lowest BCUT2D eigenvalue weighted by molar-refractivity contribution is 0.0652. The highest BCUT2D eigenvalue weighted by atomic mass is 16.5. The van der Waals surface area contributed by atoms with Gasteiger partial charge in [0.2, 0.25) is 0 Å². The van der Waals surface area contributed by atoms with Crippen LogP contribution in [0.1, 0.15) is 47.9 Å². The molecule has 4 rings (SSSR count). The minimum absolute atomic E-state index is 0.0175. The molecular weight excluding hydrogens is 378 g/mol. The Morgan fingerprint density at radius 1 is 1.30 bits per heavy atom. The van der Waals surface area contributed by atoms with Crippen molar-refractivity contribution in [2.45, 2.75) is 32.4 Å². The van der Waals surface area contributed by atoms with Gasteiger partial charge in [-0.3, -0.25) is 4.79 Å². The summed E-state index contributed by atoms with van der Waals surface area (Å²) >= 11 is 0. The number of benzene rings is 2. The van der Waals surface area contributed by atoms with Crippen LogP contribution in [0.5, 0.6) is 5.75 Å². The Labute approximate surface area is 177 Å². The van der Waals surface area contributed by atoms with Gasteiger partial charge < -0.3 is 20.1 Å². The number of methoxy groups -OCH3 is 1. The molecule has 1 amide bonds. The van der Waals surface area contributed by atoms with Gasteiger partial charge in [-0.2, -0.15) is 5.26 Å². The van der Waals surface area contributed by atoms with Gasteiger partial charge in [-0.25, -0.2) is 0 Å². The summed E-state index contributed by atoms with van der Waals surface area (Å²) in [6.07, 6.45) is 0.935. The van der Waals surface area contributed by atoms with Crippen LogP contribution in [0.15, 0.2) is 42.5 Å². The number of nitrogens with one attached hydrogen (secondary N) is 2. The Balaban J connectivity index is 1.50. The quantitative estimate of drug-likeness (QED) is 0.788. The fraction of sp³-hybridized carbons (Fsp3) is 0.417. The monoisotopic (exact) mass is 405 g/mol. The maximum Gasteiger partial charge on any atom is 0.251 e. The molecule has 0 spiro atoms. The molecule has 0 radical (unpaired) electrons. The van der Waals surface area contributed by atoms with E-state index in [1.165, 1.54) is 0 Å². The van der Waals surface area contributed by atoms with E-state index >= 15 is 0 Å². The van der Waals surface area contributed by atoms with E-state index in [0.29, 0.717) is 30.2 Å². The number of fused-ring (bicyclic) bond motifs is 3. The summed E-state index contributed by atoms with van der Waals surface area (Å²) in [4.78, 5) is 12.6. The molecule has 0 aromatic heterocycles. The molecule has 2 aliphatic heterocycles. The van der Waals surface area contributed by atoms with Crippen molar-refractivity contribution in [2.75, 3.05) is 25.6 Å². The first kappa shape index (κ1) is 20.2. The Hall–Kier alpha value is -3.04. The number of hydrogen-bond acceptors (Lipinski definition) is 5. The molecule has 30 heavy (non-hydrogen) atoms. The molecular formula is C24H27N3O3. The average molecular weight is 405 g/mol. The Morgan fingerprint density at radius 3 is 2.77 bits per heavy atom. The summed E-state index contributed by atoms with van der Waals surface area (Å²) in [5.41, 5.74) is 3.13. The molecule has 6 heteroatoms. The van der Waals surface area contributed by atoms with Crippen molar-refractivity contribution >= 4 is 11.6 Å². The lowest BCUT2D eigenvalue weighted by Gasteiger charge is -2.45. The largest absolute Gasteiger partial charge is 0.497 e. The molecule has 0 bridgehead atoms. The highest BCUT2D eigenvalue weighted by Crippen LogP contribution is 2.48. The van der Waals surface area contributed by atoms with Crippen LogP contribution in [-0.4, -0.2) is 32.2 Å². The third-order valence-corrected chi connectivity index (χ3v) is 6.26. The van der Waals surface area contributed by atoms with E-state index in [0.717, 1.165) is 23.4 Å². The van der Waals surface area contributed by atoms with Gasteiger partial charge in [0.1, 0.15) is 5.75 Å². The number of carbonyl (C=O) groups is 1. The lowest BCUT2D eigenvalue weighted by atomic mass is 9.71. The van der Waals surface area contributed by atoms with Crippen molar-refractivity contribution in [1.82, 2.24) is 5.32 Å². The smallest absolute Gasteiger partial charge is 0.251 e. The van der Waals surface area contributed by atoms with Crippen molar-refractivity contribution in [2.24, 2.45) is 11.3 Å². The van der Waals surface area contributed by atoms with Crippen LogP contribution in [0.4, 0.5) is 5.69 Å². The van der Waals surface area contributed by atoms with Gasteiger partial charge in [-0.1, -0.05) is 13.8 Å². The normalized spacial score (nSPS) is 22.3. The number of hydrogen-bond donors (Lipinski definition) is 2. The summed E-state index contributed by atoms with van der Waals surface area (Å²) in [6.45, 7) is 5.58. The fourth-order valence-electron chi connectivity index (χ4n) is 4.58. The van der Waals surface area contributed by atoms with Crippen LogP contribution >= 0.6 is 0 Å². The van der Waals surface area contributed by atoms with E-state index in [2.05, 4.69) is 30.6 Å². The SMILES string of the molecule is COc1ccc(C(=O)NCC(C)(C)C2Nc3ccc(C#N)cc3C3OCCC32)cc1. The lowest BCUT2D eigenvalue weighted by Crippen LogP contribution is -2.51. The fourth-order valence-corrected chi connectivity index (χ4v) is 4.58. The summed E-state index contributed by atoms with van der Waals surface area (Å²) < 4.78 is 11.2. The molecule has 6 nitrogen and oxygen atoms in total. The van der Waals surface area contributed by atoms with Gasteiger partial charge in [0.05, 0.1) is 24.8 Å². The highest BCUT2D eigenvalue weighted by molar-refractivity contribution is 5.94. The minimum atomic E-state index is -0.204. The van der Waals surface area contributed by atoms with E-state index in [-0.39, 0.29) is 23.5 Å². The predicted molar refractivity (Wildman–Crippen MR) is 114 cm³/mol. The third kappa shape index (κ3) is 3.73. The first-order valence-corrected chi connectivity index (χ1v) is 10.3. The third-order valence-electron chi connectivity index (χ3n) is 6.26. The number of anilines is 1. The van der Waals surface area contributed by atoms with Gasteiger partial charge >= 0.3 is 0 Å². The zero-order valence-corrected chi connectivity index (χ0v) is 17.6. The maximum atomic E-state index is 12.6. The molecule has 2 aliphatic rings. The average Bonchev–Trinajstić information content (AvgIpc) is 3.26. The molecule has 2 aromatic rings. The van der Waals surface area contributed by atoms with Gasteiger partial charge in [0.25, 0.3) is 5.91 Å². The van der Waals surface area contributed by atoms with Crippen molar-refractivity contribution in [3.8, 4) is 11.8 Å². The summed E-state index contributed by atoms with van der Waals surface area (Å²) in [6, 6.07) is 15.2. The van der Waals surface area contributed by atoms with E-state index < -0.39 is 0 Å². The van der Waals surface area contributed by atoms with Crippen molar-refractivity contribution in [3.05, 3.63) is 59.2 Å².